The number of carbonyl (C=O) groups is 1. The van der Waals surface area contributed by atoms with E-state index in [0.717, 1.165) is 17.6 Å². The van der Waals surface area contributed by atoms with Crippen molar-refractivity contribution in [2.24, 2.45) is 0 Å². The lowest BCUT2D eigenvalue weighted by molar-refractivity contribution is -0.137. The highest BCUT2D eigenvalue weighted by Gasteiger charge is 1.90. The van der Waals surface area contributed by atoms with Gasteiger partial charge < -0.3 is 4.74 Å². The summed E-state index contributed by atoms with van der Waals surface area (Å²) in [4.78, 5) is 11.0. The SMILES string of the molecule is C=C(/C=C/c1ccccc1)C/C=C/C=C\C(=O)OCC. The third kappa shape index (κ3) is 7.17. The molecule has 0 N–H and O–H groups in total. The van der Waals surface area contributed by atoms with Crippen LogP contribution in [-0.2, 0) is 9.53 Å². The van der Waals surface area contributed by atoms with Gasteiger partial charge in [0.15, 0.2) is 0 Å². The lowest BCUT2D eigenvalue weighted by atomic mass is 10.1. The third-order valence-electron chi connectivity index (χ3n) is 2.46. The minimum absolute atomic E-state index is 0.319. The highest BCUT2D eigenvalue weighted by molar-refractivity contribution is 5.82. The molecule has 1 aromatic rings. The third-order valence-corrected chi connectivity index (χ3v) is 2.46. The molecule has 0 aliphatic carbocycles. The Morgan fingerprint density at radius 2 is 1.95 bits per heavy atom. The molecular weight excluding hydrogens is 248 g/mol. The van der Waals surface area contributed by atoms with Crippen LogP contribution in [0.5, 0.6) is 0 Å². The first-order valence-electron chi connectivity index (χ1n) is 6.63. The van der Waals surface area contributed by atoms with Crippen molar-refractivity contribution in [3.8, 4) is 0 Å². The Hall–Kier alpha value is -2.35. The quantitative estimate of drug-likeness (QED) is 0.418. The summed E-state index contributed by atoms with van der Waals surface area (Å²) in [6.07, 6.45) is 11.6. The van der Waals surface area contributed by atoms with Crippen molar-refractivity contribution in [2.45, 2.75) is 13.3 Å². The lowest BCUT2D eigenvalue weighted by Gasteiger charge is -1.94. The molecule has 2 heteroatoms. The molecule has 0 unspecified atom stereocenters. The lowest BCUT2D eigenvalue weighted by Crippen LogP contribution is -1.98. The maximum Gasteiger partial charge on any atom is 0.330 e. The fraction of sp³-hybridized carbons (Fsp3) is 0.167. The van der Waals surface area contributed by atoms with E-state index in [9.17, 15) is 4.79 Å². The molecule has 0 amide bonds. The van der Waals surface area contributed by atoms with Crippen LogP contribution in [0.1, 0.15) is 18.9 Å². The standard InChI is InChI=1S/C18H20O2/c1-3-20-18(19)13-9-4-6-10-16(2)14-15-17-11-7-5-8-12-17/h4-9,11-15H,2-3,10H2,1H3/b6-4+,13-9-,15-14+. The van der Waals surface area contributed by atoms with Gasteiger partial charge in [0.25, 0.3) is 0 Å². The molecule has 1 rings (SSSR count). The molecule has 104 valence electrons. The molecule has 2 nitrogen and oxygen atoms in total. The second kappa shape index (κ2) is 9.56. The van der Waals surface area contributed by atoms with Gasteiger partial charge in [-0.2, -0.15) is 0 Å². The maximum absolute atomic E-state index is 11.0. The van der Waals surface area contributed by atoms with Crippen LogP contribution in [0.15, 0.2) is 72.9 Å². The van der Waals surface area contributed by atoms with E-state index in [2.05, 4.69) is 6.58 Å². The minimum Gasteiger partial charge on any atom is -0.463 e. The maximum atomic E-state index is 11.0. The number of allylic oxidation sites excluding steroid dienone is 5. The number of hydrogen-bond donors (Lipinski definition) is 0. The van der Waals surface area contributed by atoms with Crippen LogP contribution in [0, 0.1) is 0 Å². The van der Waals surface area contributed by atoms with Crippen molar-refractivity contribution in [1.29, 1.82) is 0 Å². The van der Waals surface area contributed by atoms with Gasteiger partial charge in [0.2, 0.25) is 0 Å². The average molecular weight is 268 g/mol. The van der Waals surface area contributed by atoms with E-state index in [4.69, 9.17) is 4.74 Å². The molecule has 0 spiro atoms. The van der Waals surface area contributed by atoms with Crippen LogP contribution in [0.4, 0.5) is 0 Å². The first-order chi connectivity index (χ1) is 9.72. The summed E-state index contributed by atoms with van der Waals surface area (Å²) in [6.45, 7) is 6.16. The van der Waals surface area contributed by atoms with Crippen molar-refractivity contribution in [3.63, 3.8) is 0 Å². The van der Waals surface area contributed by atoms with Gasteiger partial charge in [0.05, 0.1) is 6.61 Å². The topological polar surface area (TPSA) is 26.3 Å². The summed E-state index contributed by atoms with van der Waals surface area (Å²) < 4.78 is 4.77. The highest BCUT2D eigenvalue weighted by Crippen LogP contribution is 2.07. The molecule has 0 heterocycles. The van der Waals surface area contributed by atoms with Crippen molar-refractivity contribution in [3.05, 3.63) is 78.4 Å². The Labute approximate surface area is 120 Å². The average Bonchev–Trinajstić information content (AvgIpc) is 2.46. The van der Waals surface area contributed by atoms with Crippen LogP contribution in [0.2, 0.25) is 0 Å². The molecule has 0 radical (unpaired) electrons. The van der Waals surface area contributed by atoms with E-state index < -0.39 is 0 Å². The summed E-state index contributed by atoms with van der Waals surface area (Å²) in [5, 5.41) is 0. The van der Waals surface area contributed by atoms with Crippen LogP contribution < -0.4 is 0 Å². The summed E-state index contributed by atoms with van der Waals surface area (Å²) in [7, 11) is 0. The Morgan fingerprint density at radius 1 is 1.20 bits per heavy atom. The molecule has 0 aromatic heterocycles. The number of benzene rings is 1. The van der Waals surface area contributed by atoms with Crippen molar-refractivity contribution >= 4 is 12.0 Å². The smallest absolute Gasteiger partial charge is 0.330 e. The van der Waals surface area contributed by atoms with Crippen LogP contribution >= 0.6 is 0 Å². The molecule has 0 bridgehead atoms. The summed E-state index contributed by atoms with van der Waals surface area (Å²) in [5.41, 5.74) is 2.16. The second-order valence-electron chi connectivity index (χ2n) is 4.15. The molecule has 0 aliphatic heterocycles. The van der Waals surface area contributed by atoms with Gasteiger partial charge in [-0.15, -0.1) is 0 Å². The van der Waals surface area contributed by atoms with Gasteiger partial charge in [-0.3, -0.25) is 0 Å². The molecule has 20 heavy (non-hydrogen) atoms. The largest absolute Gasteiger partial charge is 0.463 e. The molecule has 0 fully saturated rings. The predicted octanol–water partition coefficient (Wildman–Crippen LogP) is 4.32. The Kier molecular flexibility index (Phi) is 7.51. The summed E-state index contributed by atoms with van der Waals surface area (Å²) in [5.74, 6) is -0.319. The van der Waals surface area contributed by atoms with Crippen LogP contribution in [0.3, 0.4) is 0 Å². The van der Waals surface area contributed by atoms with Gasteiger partial charge in [-0.1, -0.05) is 72.9 Å². The van der Waals surface area contributed by atoms with E-state index in [1.165, 1.54) is 6.08 Å². The second-order valence-corrected chi connectivity index (χ2v) is 4.15. The summed E-state index contributed by atoms with van der Waals surface area (Å²) >= 11 is 0. The first kappa shape index (κ1) is 15.7. The Bertz CT molecular complexity index is 507. The molecule has 0 aliphatic rings. The molecule has 0 saturated carbocycles. The molecule has 1 aromatic carbocycles. The zero-order valence-electron chi connectivity index (χ0n) is 11.8. The Morgan fingerprint density at radius 3 is 2.65 bits per heavy atom. The van der Waals surface area contributed by atoms with Gasteiger partial charge in [-0.05, 0) is 18.9 Å². The fourth-order valence-corrected chi connectivity index (χ4v) is 1.47. The van der Waals surface area contributed by atoms with E-state index in [0.29, 0.717) is 6.61 Å². The zero-order chi connectivity index (χ0) is 14.6. The van der Waals surface area contributed by atoms with E-state index in [1.807, 2.05) is 54.6 Å². The molecule has 0 saturated heterocycles. The molecular formula is C18H20O2. The van der Waals surface area contributed by atoms with E-state index in [1.54, 1.807) is 13.0 Å². The van der Waals surface area contributed by atoms with Crippen molar-refractivity contribution in [2.75, 3.05) is 6.61 Å². The van der Waals surface area contributed by atoms with Crippen LogP contribution in [-0.4, -0.2) is 12.6 Å². The normalized spacial score (nSPS) is 11.4. The van der Waals surface area contributed by atoms with Gasteiger partial charge in [0.1, 0.15) is 0 Å². The van der Waals surface area contributed by atoms with Crippen molar-refractivity contribution < 1.29 is 9.53 Å². The molecule has 0 atom stereocenters. The highest BCUT2D eigenvalue weighted by atomic mass is 16.5. The Balaban J connectivity index is 2.33. The number of ether oxygens (including phenoxy) is 1. The van der Waals surface area contributed by atoms with Crippen LogP contribution in [0.25, 0.3) is 6.08 Å². The predicted molar refractivity (Wildman–Crippen MR) is 84.1 cm³/mol. The number of carbonyl (C=O) groups excluding carboxylic acids is 1. The van der Waals surface area contributed by atoms with E-state index >= 15 is 0 Å². The van der Waals surface area contributed by atoms with Gasteiger partial charge >= 0.3 is 5.97 Å². The minimum atomic E-state index is -0.319. The number of hydrogen-bond acceptors (Lipinski definition) is 2. The van der Waals surface area contributed by atoms with E-state index in [-0.39, 0.29) is 5.97 Å². The van der Waals surface area contributed by atoms with Gasteiger partial charge in [-0.25, -0.2) is 4.79 Å². The first-order valence-corrected chi connectivity index (χ1v) is 6.63. The zero-order valence-corrected chi connectivity index (χ0v) is 11.8. The number of esters is 1. The van der Waals surface area contributed by atoms with Crippen molar-refractivity contribution in [1.82, 2.24) is 0 Å². The number of rotatable bonds is 7. The van der Waals surface area contributed by atoms with Gasteiger partial charge in [0, 0.05) is 6.08 Å². The summed E-state index contributed by atoms with van der Waals surface area (Å²) in [6, 6.07) is 10.1. The fourth-order valence-electron chi connectivity index (χ4n) is 1.47. The monoisotopic (exact) mass is 268 g/mol.